The van der Waals surface area contributed by atoms with Crippen molar-refractivity contribution >= 4 is 39.3 Å². The molecule has 1 aromatic rings. The molecule has 0 saturated carbocycles. The second-order valence-corrected chi connectivity index (χ2v) is 4.42. The fourth-order valence-electron chi connectivity index (χ4n) is 0.892. The molecule has 0 aromatic carbocycles. The smallest absolute Gasteiger partial charge is 0.348 e. The van der Waals surface area contributed by atoms with Gasteiger partial charge in [0, 0.05) is 14.7 Å². The van der Waals surface area contributed by atoms with Gasteiger partial charge >= 0.3 is 5.97 Å². The molecular formula is C10H8BrNO2S. The molecule has 0 amide bonds. The number of nitrogens with zero attached hydrogens (tertiary/aromatic N) is 1. The number of nitriles is 1. The van der Waals surface area contributed by atoms with Crippen molar-refractivity contribution in [3.8, 4) is 6.07 Å². The number of carbonyl (C=O) groups excluding carboxylic acids is 1. The summed E-state index contributed by atoms with van der Waals surface area (Å²) in [5.74, 6) is -0.579. The highest BCUT2D eigenvalue weighted by molar-refractivity contribution is 9.10. The van der Waals surface area contributed by atoms with Crippen LogP contribution in [0, 0.1) is 11.3 Å². The Morgan fingerprint density at radius 1 is 1.80 bits per heavy atom. The number of esters is 1. The van der Waals surface area contributed by atoms with Crippen LogP contribution in [-0.4, -0.2) is 12.6 Å². The standard InChI is InChI=1S/C10H8BrNO2S/c1-2-14-10(13)7(5-12)3-9-4-8(11)6-15-9/h3-4,6H,2H2,1H3. The lowest BCUT2D eigenvalue weighted by molar-refractivity contribution is -0.137. The summed E-state index contributed by atoms with van der Waals surface area (Å²) >= 11 is 4.74. The maximum atomic E-state index is 11.3. The fraction of sp³-hybridized carbons (Fsp3) is 0.200. The zero-order valence-electron chi connectivity index (χ0n) is 7.99. The van der Waals surface area contributed by atoms with Gasteiger partial charge in [0.2, 0.25) is 0 Å². The molecule has 1 heterocycles. The average molecular weight is 286 g/mol. The van der Waals surface area contributed by atoms with Crippen LogP contribution in [0.1, 0.15) is 11.8 Å². The highest BCUT2D eigenvalue weighted by Crippen LogP contribution is 2.22. The highest BCUT2D eigenvalue weighted by atomic mass is 79.9. The van der Waals surface area contributed by atoms with Gasteiger partial charge in [0.05, 0.1) is 6.61 Å². The molecule has 78 valence electrons. The lowest BCUT2D eigenvalue weighted by atomic mass is 10.2. The van der Waals surface area contributed by atoms with Crippen LogP contribution in [0.15, 0.2) is 21.5 Å². The van der Waals surface area contributed by atoms with E-state index in [4.69, 9.17) is 10.00 Å². The van der Waals surface area contributed by atoms with Crippen LogP contribution >= 0.6 is 27.3 Å². The Morgan fingerprint density at radius 2 is 2.53 bits per heavy atom. The van der Waals surface area contributed by atoms with Crippen molar-refractivity contribution in [2.24, 2.45) is 0 Å². The number of hydrogen-bond donors (Lipinski definition) is 0. The summed E-state index contributed by atoms with van der Waals surface area (Å²) in [6.45, 7) is 1.97. The molecule has 0 atom stereocenters. The van der Waals surface area contributed by atoms with Gasteiger partial charge in [0.1, 0.15) is 11.6 Å². The average Bonchev–Trinajstić information content (AvgIpc) is 2.61. The number of carbonyl (C=O) groups is 1. The number of hydrogen-bond acceptors (Lipinski definition) is 4. The van der Waals surface area contributed by atoms with Crippen LogP contribution in [0.25, 0.3) is 6.08 Å². The van der Waals surface area contributed by atoms with Gasteiger partial charge in [-0.05, 0) is 35.0 Å². The van der Waals surface area contributed by atoms with E-state index in [1.807, 2.05) is 17.5 Å². The predicted octanol–water partition coefficient (Wildman–Crippen LogP) is 2.98. The van der Waals surface area contributed by atoms with E-state index in [2.05, 4.69) is 15.9 Å². The second-order valence-electron chi connectivity index (χ2n) is 2.56. The number of halogens is 1. The monoisotopic (exact) mass is 285 g/mol. The van der Waals surface area contributed by atoms with Gasteiger partial charge in [-0.2, -0.15) is 5.26 Å². The molecular weight excluding hydrogens is 278 g/mol. The Balaban J connectivity index is 2.88. The van der Waals surface area contributed by atoms with Crippen molar-refractivity contribution in [3.05, 3.63) is 26.4 Å². The van der Waals surface area contributed by atoms with Crippen LogP contribution < -0.4 is 0 Å². The van der Waals surface area contributed by atoms with Crippen LogP contribution in [0.4, 0.5) is 0 Å². The van der Waals surface area contributed by atoms with E-state index in [0.29, 0.717) is 0 Å². The third kappa shape index (κ3) is 3.50. The zero-order chi connectivity index (χ0) is 11.3. The fourth-order valence-corrected chi connectivity index (χ4v) is 2.27. The van der Waals surface area contributed by atoms with Crippen LogP contribution in [0.3, 0.4) is 0 Å². The minimum atomic E-state index is -0.579. The first-order chi connectivity index (χ1) is 7.17. The molecule has 0 unspecified atom stereocenters. The van der Waals surface area contributed by atoms with Crippen molar-refractivity contribution in [2.75, 3.05) is 6.61 Å². The summed E-state index contributed by atoms with van der Waals surface area (Å²) in [5.41, 5.74) is 0.0196. The quantitative estimate of drug-likeness (QED) is 0.487. The Morgan fingerprint density at radius 3 is 3.00 bits per heavy atom. The van der Waals surface area contributed by atoms with E-state index in [9.17, 15) is 4.79 Å². The summed E-state index contributed by atoms with van der Waals surface area (Å²) in [6, 6.07) is 3.66. The number of thiophene rings is 1. The van der Waals surface area contributed by atoms with Crippen molar-refractivity contribution in [3.63, 3.8) is 0 Å². The molecule has 1 aromatic heterocycles. The Hall–Kier alpha value is -1.12. The molecule has 0 fully saturated rings. The zero-order valence-corrected chi connectivity index (χ0v) is 10.4. The topological polar surface area (TPSA) is 50.1 Å². The normalized spacial score (nSPS) is 10.9. The molecule has 15 heavy (non-hydrogen) atoms. The Labute approximate surface area is 100 Å². The molecule has 0 saturated heterocycles. The summed E-state index contributed by atoms with van der Waals surface area (Å²) in [5, 5.41) is 10.6. The van der Waals surface area contributed by atoms with Gasteiger partial charge in [0.15, 0.2) is 0 Å². The molecule has 0 bridgehead atoms. The lowest BCUT2D eigenvalue weighted by Gasteiger charge is -1.97. The van der Waals surface area contributed by atoms with Crippen molar-refractivity contribution < 1.29 is 9.53 Å². The van der Waals surface area contributed by atoms with Crippen LogP contribution in [0.5, 0.6) is 0 Å². The highest BCUT2D eigenvalue weighted by Gasteiger charge is 2.09. The Kier molecular flexibility index (Phi) is 4.53. The van der Waals surface area contributed by atoms with Gasteiger partial charge in [-0.15, -0.1) is 11.3 Å². The predicted molar refractivity (Wildman–Crippen MR) is 62.2 cm³/mol. The SMILES string of the molecule is CCOC(=O)C(C#N)=Cc1cc(Br)cs1. The van der Waals surface area contributed by atoms with Crippen LogP contribution in [-0.2, 0) is 9.53 Å². The maximum Gasteiger partial charge on any atom is 0.348 e. The van der Waals surface area contributed by atoms with E-state index < -0.39 is 5.97 Å². The molecule has 0 N–H and O–H groups in total. The summed E-state index contributed by atoms with van der Waals surface area (Å²) < 4.78 is 5.67. The van der Waals surface area contributed by atoms with E-state index in [1.54, 1.807) is 6.92 Å². The first-order valence-corrected chi connectivity index (χ1v) is 5.87. The molecule has 0 aliphatic rings. The summed E-state index contributed by atoms with van der Waals surface area (Å²) in [4.78, 5) is 12.1. The summed E-state index contributed by atoms with van der Waals surface area (Å²) in [6.07, 6.45) is 1.52. The largest absolute Gasteiger partial charge is 0.462 e. The maximum absolute atomic E-state index is 11.3. The van der Waals surface area contributed by atoms with Gasteiger partial charge in [-0.25, -0.2) is 4.79 Å². The molecule has 5 heteroatoms. The lowest BCUT2D eigenvalue weighted by Crippen LogP contribution is -2.05. The molecule has 0 aliphatic carbocycles. The van der Waals surface area contributed by atoms with Gasteiger partial charge in [-0.1, -0.05) is 0 Å². The number of ether oxygens (including phenoxy) is 1. The first kappa shape index (κ1) is 12.0. The molecule has 3 nitrogen and oxygen atoms in total. The van der Waals surface area contributed by atoms with Crippen molar-refractivity contribution in [1.29, 1.82) is 5.26 Å². The molecule has 0 radical (unpaired) electrons. The van der Waals surface area contributed by atoms with Gasteiger partial charge in [0.25, 0.3) is 0 Å². The molecule has 0 spiro atoms. The third-order valence-corrected chi connectivity index (χ3v) is 3.13. The minimum Gasteiger partial charge on any atom is -0.462 e. The summed E-state index contributed by atoms with van der Waals surface area (Å²) in [7, 11) is 0. The Bertz CT molecular complexity index is 431. The van der Waals surface area contributed by atoms with Crippen molar-refractivity contribution in [1.82, 2.24) is 0 Å². The molecule has 0 aliphatic heterocycles. The van der Waals surface area contributed by atoms with Gasteiger partial charge < -0.3 is 4.74 Å². The first-order valence-electron chi connectivity index (χ1n) is 4.20. The van der Waals surface area contributed by atoms with E-state index in [1.165, 1.54) is 17.4 Å². The van der Waals surface area contributed by atoms with Crippen LogP contribution in [0.2, 0.25) is 0 Å². The van der Waals surface area contributed by atoms with E-state index in [-0.39, 0.29) is 12.2 Å². The van der Waals surface area contributed by atoms with Gasteiger partial charge in [-0.3, -0.25) is 0 Å². The number of rotatable bonds is 3. The van der Waals surface area contributed by atoms with Crippen molar-refractivity contribution in [2.45, 2.75) is 6.92 Å². The van der Waals surface area contributed by atoms with E-state index in [0.717, 1.165) is 9.35 Å². The second kappa shape index (κ2) is 5.69. The van der Waals surface area contributed by atoms with E-state index >= 15 is 0 Å². The third-order valence-electron chi connectivity index (χ3n) is 1.49. The molecule has 1 rings (SSSR count). The minimum absolute atomic E-state index is 0.0196.